The quantitative estimate of drug-likeness (QED) is 0.787. The zero-order chi connectivity index (χ0) is 18.2. The van der Waals surface area contributed by atoms with Crippen LogP contribution in [0.4, 0.5) is 5.69 Å². The summed E-state index contributed by atoms with van der Waals surface area (Å²) in [5, 5.41) is 11.9. The molecule has 0 saturated heterocycles. The Hall–Kier alpha value is -2.97. The van der Waals surface area contributed by atoms with E-state index in [0.29, 0.717) is 22.2 Å². The number of aryl methyl sites for hydroxylation is 1. The first-order chi connectivity index (χ1) is 12.0. The van der Waals surface area contributed by atoms with Gasteiger partial charge >= 0.3 is 0 Å². The maximum Gasteiger partial charge on any atom is 0.248 e. The van der Waals surface area contributed by atoms with Crippen molar-refractivity contribution < 1.29 is 14.3 Å². The predicted molar refractivity (Wildman–Crippen MR) is 98.0 cm³/mol. The molecule has 5 nitrogen and oxygen atoms in total. The Bertz CT molecular complexity index is 841. The van der Waals surface area contributed by atoms with Gasteiger partial charge in [0, 0.05) is 16.8 Å². The largest absolute Gasteiger partial charge is 0.493 e. The van der Waals surface area contributed by atoms with Gasteiger partial charge in [-0.3, -0.25) is 4.79 Å². The summed E-state index contributed by atoms with van der Waals surface area (Å²) in [6.07, 6.45) is 3.08. The van der Waals surface area contributed by atoms with Crippen molar-refractivity contribution in [2.24, 2.45) is 0 Å². The topological polar surface area (TPSA) is 71.3 Å². The number of nitrogens with zero attached hydrogens (tertiary/aromatic N) is 1. The van der Waals surface area contributed by atoms with Gasteiger partial charge in [-0.25, -0.2) is 0 Å². The molecular weight excluding hydrogens is 340 g/mol. The summed E-state index contributed by atoms with van der Waals surface area (Å²) in [5.74, 6) is 0.692. The molecule has 2 aromatic carbocycles. The molecule has 0 radical (unpaired) electrons. The van der Waals surface area contributed by atoms with Gasteiger partial charge in [-0.05, 0) is 48.4 Å². The van der Waals surface area contributed by atoms with E-state index in [-0.39, 0.29) is 12.5 Å². The number of rotatable bonds is 6. The summed E-state index contributed by atoms with van der Waals surface area (Å²) in [7, 11) is 1.51. The van der Waals surface area contributed by atoms with E-state index in [2.05, 4.69) is 5.32 Å². The first-order valence-electron chi connectivity index (χ1n) is 7.46. The summed E-state index contributed by atoms with van der Waals surface area (Å²) in [6.45, 7) is 1.83. The molecule has 0 aromatic heterocycles. The lowest BCUT2D eigenvalue weighted by molar-refractivity contribution is -0.111. The van der Waals surface area contributed by atoms with Crippen LogP contribution in [0, 0.1) is 18.3 Å². The van der Waals surface area contributed by atoms with Crippen LogP contribution in [0.5, 0.6) is 11.5 Å². The van der Waals surface area contributed by atoms with Gasteiger partial charge in [-0.15, -0.1) is 0 Å². The molecule has 0 saturated carbocycles. The second kappa shape index (κ2) is 8.76. The number of nitrogens with one attached hydrogen (secondary N) is 1. The van der Waals surface area contributed by atoms with Crippen LogP contribution in [-0.2, 0) is 4.79 Å². The van der Waals surface area contributed by atoms with E-state index < -0.39 is 0 Å². The van der Waals surface area contributed by atoms with Crippen molar-refractivity contribution in [3.05, 3.63) is 58.6 Å². The number of carbonyl (C=O) groups excluding carboxylic acids is 1. The lowest BCUT2D eigenvalue weighted by atomic mass is 10.1. The third-order valence-corrected chi connectivity index (χ3v) is 3.60. The Labute approximate surface area is 151 Å². The lowest BCUT2D eigenvalue weighted by Crippen LogP contribution is -2.08. The first kappa shape index (κ1) is 18.4. The molecule has 25 heavy (non-hydrogen) atoms. The highest BCUT2D eigenvalue weighted by atomic mass is 35.5. The predicted octanol–water partition coefficient (Wildman–Crippen LogP) is 4.21. The Kier molecular flexibility index (Phi) is 6.44. The molecule has 2 rings (SSSR count). The molecule has 0 fully saturated rings. The monoisotopic (exact) mass is 356 g/mol. The summed E-state index contributed by atoms with van der Waals surface area (Å²) >= 11 is 5.94. The van der Waals surface area contributed by atoms with Gasteiger partial charge in [-0.2, -0.15) is 5.26 Å². The van der Waals surface area contributed by atoms with Crippen LogP contribution in [0.1, 0.15) is 11.1 Å². The number of hydrogen-bond donors (Lipinski definition) is 1. The summed E-state index contributed by atoms with van der Waals surface area (Å²) in [4.78, 5) is 12.1. The number of amides is 1. The fourth-order valence-corrected chi connectivity index (χ4v) is 2.26. The average molecular weight is 357 g/mol. The van der Waals surface area contributed by atoms with Crippen molar-refractivity contribution in [1.29, 1.82) is 5.26 Å². The molecule has 0 bridgehead atoms. The van der Waals surface area contributed by atoms with Gasteiger partial charge in [0.05, 0.1) is 7.11 Å². The maximum absolute atomic E-state index is 12.1. The zero-order valence-electron chi connectivity index (χ0n) is 13.9. The van der Waals surface area contributed by atoms with Gasteiger partial charge in [0.1, 0.15) is 6.07 Å². The van der Waals surface area contributed by atoms with Gasteiger partial charge in [0.15, 0.2) is 18.1 Å². The van der Waals surface area contributed by atoms with Crippen LogP contribution in [0.3, 0.4) is 0 Å². The molecule has 0 atom stereocenters. The molecule has 1 N–H and O–H groups in total. The highest BCUT2D eigenvalue weighted by Gasteiger charge is 2.06. The Balaban J connectivity index is 2.09. The smallest absolute Gasteiger partial charge is 0.248 e. The zero-order valence-corrected chi connectivity index (χ0v) is 14.6. The second-order valence-corrected chi connectivity index (χ2v) is 5.58. The van der Waals surface area contributed by atoms with Crippen molar-refractivity contribution in [1.82, 2.24) is 0 Å². The molecule has 0 heterocycles. The SMILES string of the molecule is COc1cc(C=CC(=O)Nc2cc(Cl)ccc2C)ccc1OCC#N. The van der Waals surface area contributed by atoms with Crippen molar-refractivity contribution >= 4 is 29.3 Å². The van der Waals surface area contributed by atoms with Crippen LogP contribution < -0.4 is 14.8 Å². The van der Waals surface area contributed by atoms with E-state index >= 15 is 0 Å². The third-order valence-electron chi connectivity index (χ3n) is 3.36. The standard InChI is InChI=1S/C19H17ClN2O3/c1-13-3-6-15(20)12-16(13)22-19(23)8-5-14-4-7-17(25-10-9-21)18(11-14)24-2/h3-8,11-12H,10H2,1-2H3,(H,22,23). The number of halogens is 1. The van der Waals surface area contributed by atoms with Crippen LogP contribution in [0.2, 0.25) is 5.02 Å². The molecule has 128 valence electrons. The highest BCUT2D eigenvalue weighted by molar-refractivity contribution is 6.31. The van der Waals surface area contributed by atoms with E-state index in [1.807, 2.05) is 19.1 Å². The van der Waals surface area contributed by atoms with E-state index in [0.717, 1.165) is 11.1 Å². The maximum atomic E-state index is 12.1. The molecule has 0 aliphatic heterocycles. The van der Waals surface area contributed by atoms with Crippen molar-refractivity contribution in [3.63, 3.8) is 0 Å². The number of anilines is 1. The molecule has 0 aliphatic rings. The van der Waals surface area contributed by atoms with Gasteiger partial charge < -0.3 is 14.8 Å². The number of hydrogen-bond acceptors (Lipinski definition) is 4. The molecule has 1 amide bonds. The van der Waals surface area contributed by atoms with Crippen LogP contribution in [-0.4, -0.2) is 19.6 Å². The van der Waals surface area contributed by atoms with E-state index in [1.165, 1.54) is 13.2 Å². The Morgan fingerprint density at radius 2 is 2.08 bits per heavy atom. The van der Waals surface area contributed by atoms with Crippen molar-refractivity contribution in [2.75, 3.05) is 19.0 Å². The highest BCUT2D eigenvalue weighted by Crippen LogP contribution is 2.28. The second-order valence-electron chi connectivity index (χ2n) is 5.14. The number of ether oxygens (including phenoxy) is 2. The van der Waals surface area contributed by atoms with Gasteiger partial charge in [0.25, 0.3) is 0 Å². The number of methoxy groups -OCH3 is 1. The van der Waals surface area contributed by atoms with E-state index in [1.54, 1.807) is 36.4 Å². The number of carbonyl (C=O) groups is 1. The number of benzene rings is 2. The van der Waals surface area contributed by atoms with Crippen molar-refractivity contribution in [2.45, 2.75) is 6.92 Å². The Morgan fingerprint density at radius 1 is 1.28 bits per heavy atom. The molecule has 6 heteroatoms. The van der Waals surface area contributed by atoms with Crippen LogP contribution >= 0.6 is 11.6 Å². The van der Waals surface area contributed by atoms with Crippen molar-refractivity contribution in [3.8, 4) is 17.6 Å². The summed E-state index contributed by atoms with van der Waals surface area (Å²) in [5.41, 5.74) is 2.35. The fraction of sp³-hybridized carbons (Fsp3) is 0.158. The minimum atomic E-state index is -0.269. The van der Waals surface area contributed by atoms with Crippen LogP contribution in [0.15, 0.2) is 42.5 Å². The fourth-order valence-electron chi connectivity index (χ4n) is 2.09. The lowest BCUT2D eigenvalue weighted by Gasteiger charge is -2.09. The van der Waals surface area contributed by atoms with E-state index in [9.17, 15) is 4.79 Å². The number of nitriles is 1. The van der Waals surface area contributed by atoms with Gasteiger partial charge in [0.2, 0.25) is 5.91 Å². The van der Waals surface area contributed by atoms with E-state index in [4.69, 9.17) is 26.3 Å². The van der Waals surface area contributed by atoms with Crippen LogP contribution in [0.25, 0.3) is 6.08 Å². The third kappa shape index (κ3) is 5.27. The molecule has 2 aromatic rings. The average Bonchev–Trinajstić information content (AvgIpc) is 2.61. The Morgan fingerprint density at radius 3 is 2.80 bits per heavy atom. The first-order valence-corrected chi connectivity index (χ1v) is 7.84. The molecular formula is C19H17ClN2O3. The normalized spacial score (nSPS) is 10.3. The molecule has 0 unspecified atom stereocenters. The molecule has 0 spiro atoms. The van der Waals surface area contributed by atoms with Gasteiger partial charge in [-0.1, -0.05) is 23.7 Å². The summed E-state index contributed by atoms with van der Waals surface area (Å²) < 4.78 is 10.5. The minimum Gasteiger partial charge on any atom is -0.493 e. The molecule has 0 aliphatic carbocycles. The summed E-state index contributed by atoms with van der Waals surface area (Å²) in [6, 6.07) is 12.4. The minimum absolute atomic E-state index is 0.0626.